The molecule has 7 heteroatoms. The Hall–Kier alpha value is -1.74. The van der Waals surface area contributed by atoms with Gasteiger partial charge in [0.2, 0.25) is 11.7 Å². The first-order chi connectivity index (χ1) is 11.2. The zero-order chi connectivity index (χ0) is 16.2. The van der Waals surface area contributed by atoms with Crippen molar-refractivity contribution >= 4 is 39.8 Å². The summed E-state index contributed by atoms with van der Waals surface area (Å²) in [6.07, 6.45) is 0. The molecule has 23 heavy (non-hydrogen) atoms. The van der Waals surface area contributed by atoms with E-state index >= 15 is 0 Å². The smallest absolute Gasteiger partial charge is 0.255 e. The van der Waals surface area contributed by atoms with Crippen molar-refractivity contribution in [1.29, 1.82) is 0 Å². The molecule has 5 nitrogen and oxygen atoms in total. The predicted octanol–water partition coefficient (Wildman–Crippen LogP) is 4.07. The van der Waals surface area contributed by atoms with E-state index < -0.39 is 0 Å². The molecule has 0 radical (unpaired) electrons. The fourth-order valence-corrected chi connectivity index (χ4v) is 3.39. The second-order valence-corrected chi connectivity index (χ2v) is 6.90. The van der Waals surface area contributed by atoms with Crippen LogP contribution in [0.15, 0.2) is 46.3 Å². The van der Waals surface area contributed by atoms with Gasteiger partial charge >= 0.3 is 0 Å². The van der Waals surface area contributed by atoms with Crippen LogP contribution in [0, 0.1) is 3.57 Å². The SMILES string of the molecule is CCN(Cc1nc(-c2cccs2)no1)C(=O)c1ccccc1I. The lowest BCUT2D eigenvalue weighted by Gasteiger charge is -2.19. The molecule has 0 atom stereocenters. The van der Waals surface area contributed by atoms with Crippen LogP contribution in [-0.2, 0) is 6.54 Å². The molecule has 2 heterocycles. The molecule has 0 saturated heterocycles. The van der Waals surface area contributed by atoms with Gasteiger partial charge in [-0.3, -0.25) is 4.79 Å². The average Bonchev–Trinajstić information content (AvgIpc) is 3.23. The molecule has 0 aliphatic carbocycles. The van der Waals surface area contributed by atoms with Crippen molar-refractivity contribution in [3.63, 3.8) is 0 Å². The first-order valence-corrected chi connectivity index (χ1v) is 9.05. The maximum absolute atomic E-state index is 12.7. The number of aromatic nitrogens is 2. The number of amides is 1. The number of rotatable bonds is 5. The van der Waals surface area contributed by atoms with Crippen LogP contribution < -0.4 is 0 Å². The average molecular weight is 439 g/mol. The van der Waals surface area contributed by atoms with Crippen LogP contribution in [0.2, 0.25) is 0 Å². The quantitative estimate of drug-likeness (QED) is 0.563. The number of hydrogen-bond acceptors (Lipinski definition) is 5. The van der Waals surface area contributed by atoms with Crippen molar-refractivity contribution in [2.75, 3.05) is 6.54 Å². The molecule has 0 saturated carbocycles. The number of halogens is 1. The Morgan fingerprint density at radius 1 is 1.30 bits per heavy atom. The third-order valence-electron chi connectivity index (χ3n) is 3.31. The summed E-state index contributed by atoms with van der Waals surface area (Å²) in [5.74, 6) is 0.968. The highest BCUT2D eigenvalue weighted by Crippen LogP contribution is 2.22. The van der Waals surface area contributed by atoms with E-state index in [4.69, 9.17) is 4.52 Å². The van der Waals surface area contributed by atoms with Crippen LogP contribution in [0.5, 0.6) is 0 Å². The van der Waals surface area contributed by atoms with E-state index in [2.05, 4.69) is 32.7 Å². The summed E-state index contributed by atoms with van der Waals surface area (Å²) in [5, 5.41) is 5.94. The van der Waals surface area contributed by atoms with Gasteiger partial charge in [0.1, 0.15) is 6.54 Å². The van der Waals surface area contributed by atoms with Gasteiger partial charge < -0.3 is 9.42 Å². The van der Waals surface area contributed by atoms with Crippen molar-refractivity contribution < 1.29 is 9.32 Å². The topological polar surface area (TPSA) is 59.2 Å². The van der Waals surface area contributed by atoms with Gasteiger partial charge in [0.15, 0.2) is 0 Å². The number of carbonyl (C=O) groups excluding carboxylic acids is 1. The van der Waals surface area contributed by atoms with Crippen LogP contribution >= 0.6 is 33.9 Å². The standard InChI is InChI=1S/C16H14IN3O2S/c1-2-20(16(21)11-6-3-4-7-12(11)17)10-14-18-15(19-22-14)13-8-5-9-23-13/h3-9H,2,10H2,1H3. The number of hydrogen-bond donors (Lipinski definition) is 0. The van der Waals surface area contributed by atoms with E-state index in [0.29, 0.717) is 30.4 Å². The van der Waals surface area contributed by atoms with E-state index in [1.165, 1.54) is 0 Å². The second-order valence-electron chi connectivity index (χ2n) is 4.79. The molecule has 3 rings (SSSR count). The predicted molar refractivity (Wildman–Crippen MR) is 97.2 cm³/mol. The summed E-state index contributed by atoms with van der Waals surface area (Å²) in [5.41, 5.74) is 0.688. The maximum atomic E-state index is 12.7. The molecule has 2 aromatic heterocycles. The number of benzene rings is 1. The third-order valence-corrected chi connectivity index (χ3v) is 5.12. The fourth-order valence-electron chi connectivity index (χ4n) is 2.12. The van der Waals surface area contributed by atoms with Crippen molar-refractivity contribution in [3.8, 4) is 10.7 Å². The van der Waals surface area contributed by atoms with Crippen LogP contribution in [0.1, 0.15) is 23.2 Å². The molecule has 3 aromatic rings. The van der Waals surface area contributed by atoms with Gasteiger partial charge in [0.05, 0.1) is 10.4 Å². The molecule has 0 aliphatic rings. The molecule has 0 spiro atoms. The molecule has 118 valence electrons. The normalized spacial score (nSPS) is 10.7. The van der Waals surface area contributed by atoms with Crippen molar-refractivity contribution in [1.82, 2.24) is 15.0 Å². The monoisotopic (exact) mass is 439 g/mol. The molecule has 0 fully saturated rings. The van der Waals surface area contributed by atoms with Gasteiger partial charge in [-0.1, -0.05) is 23.4 Å². The summed E-state index contributed by atoms with van der Waals surface area (Å²) >= 11 is 3.72. The molecular formula is C16H14IN3O2S. The van der Waals surface area contributed by atoms with Crippen LogP contribution in [0.3, 0.4) is 0 Å². The number of nitrogens with zero attached hydrogens (tertiary/aromatic N) is 3. The summed E-state index contributed by atoms with van der Waals surface area (Å²) in [7, 11) is 0. The van der Waals surface area contributed by atoms with Gasteiger partial charge in [-0.2, -0.15) is 4.98 Å². The summed E-state index contributed by atoms with van der Waals surface area (Å²) in [6.45, 7) is 2.81. The summed E-state index contributed by atoms with van der Waals surface area (Å²) in [4.78, 5) is 19.7. The van der Waals surface area contributed by atoms with E-state index in [1.54, 1.807) is 16.2 Å². The Labute approximate surface area is 151 Å². The Kier molecular flexibility index (Phi) is 5.06. The van der Waals surface area contributed by atoms with E-state index in [1.807, 2.05) is 48.7 Å². The van der Waals surface area contributed by atoms with E-state index in [0.717, 1.165) is 8.45 Å². The molecule has 1 amide bonds. The van der Waals surface area contributed by atoms with Crippen LogP contribution in [0.4, 0.5) is 0 Å². The summed E-state index contributed by atoms with van der Waals surface area (Å²) < 4.78 is 6.22. The molecule has 0 unspecified atom stereocenters. The highest BCUT2D eigenvalue weighted by molar-refractivity contribution is 14.1. The van der Waals surface area contributed by atoms with Gasteiger partial charge in [0, 0.05) is 10.1 Å². The Morgan fingerprint density at radius 3 is 2.83 bits per heavy atom. The van der Waals surface area contributed by atoms with Gasteiger partial charge in [-0.15, -0.1) is 11.3 Å². The fraction of sp³-hybridized carbons (Fsp3) is 0.188. The number of thiophene rings is 1. The van der Waals surface area contributed by atoms with E-state index in [9.17, 15) is 4.79 Å². The lowest BCUT2D eigenvalue weighted by atomic mass is 10.2. The highest BCUT2D eigenvalue weighted by atomic mass is 127. The minimum atomic E-state index is -0.0339. The molecule has 0 bridgehead atoms. The van der Waals surface area contributed by atoms with Crippen molar-refractivity contribution in [2.45, 2.75) is 13.5 Å². The van der Waals surface area contributed by atoms with Gasteiger partial charge in [0.25, 0.3) is 5.91 Å². The van der Waals surface area contributed by atoms with Crippen LogP contribution in [0.25, 0.3) is 10.7 Å². The molecular weight excluding hydrogens is 425 g/mol. The summed E-state index contributed by atoms with van der Waals surface area (Å²) in [6, 6.07) is 11.4. The number of carbonyl (C=O) groups is 1. The first kappa shape index (κ1) is 16.1. The highest BCUT2D eigenvalue weighted by Gasteiger charge is 2.20. The van der Waals surface area contributed by atoms with Crippen molar-refractivity contribution in [2.24, 2.45) is 0 Å². The first-order valence-electron chi connectivity index (χ1n) is 7.09. The molecule has 0 N–H and O–H groups in total. The Balaban J connectivity index is 1.77. The molecule has 0 aliphatic heterocycles. The van der Waals surface area contributed by atoms with Crippen LogP contribution in [-0.4, -0.2) is 27.5 Å². The third kappa shape index (κ3) is 3.61. The second kappa shape index (κ2) is 7.22. The van der Waals surface area contributed by atoms with E-state index in [-0.39, 0.29) is 5.91 Å². The maximum Gasteiger partial charge on any atom is 0.255 e. The van der Waals surface area contributed by atoms with Gasteiger partial charge in [-0.25, -0.2) is 0 Å². The lowest BCUT2D eigenvalue weighted by Crippen LogP contribution is -2.31. The lowest BCUT2D eigenvalue weighted by molar-refractivity contribution is 0.0733. The largest absolute Gasteiger partial charge is 0.337 e. The minimum Gasteiger partial charge on any atom is -0.337 e. The zero-order valence-corrected chi connectivity index (χ0v) is 15.4. The minimum absolute atomic E-state index is 0.0339. The molecule has 1 aromatic carbocycles. The van der Waals surface area contributed by atoms with Crippen molar-refractivity contribution in [3.05, 3.63) is 56.8 Å². The zero-order valence-electron chi connectivity index (χ0n) is 12.4. The Morgan fingerprint density at radius 2 is 2.13 bits per heavy atom. The van der Waals surface area contributed by atoms with Gasteiger partial charge in [-0.05, 0) is 53.1 Å². The Bertz CT molecular complexity index is 801.